The lowest BCUT2D eigenvalue weighted by molar-refractivity contribution is -0.126. The van der Waals surface area contributed by atoms with E-state index >= 15 is 0 Å². The van der Waals surface area contributed by atoms with Crippen LogP contribution in [0.4, 0.5) is 0 Å². The average Bonchev–Trinajstić information content (AvgIpc) is 2.29. The fourth-order valence-corrected chi connectivity index (χ4v) is 1.23. The van der Waals surface area contributed by atoms with Crippen molar-refractivity contribution in [1.82, 2.24) is 0 Å². The minimum Gasteiger partial charge on any atom is -0.294 e. The van der Waals surface area contributed by atoms with Gasteiger partial charge in [-0.25, -0.2) is 0 Å². The van der Waals surface area contributed by atoms with Gasteiger partial charge < -0.3 is 0 Å². The van der Waals surface area contributed by atoms with Crippen molar-refractivity contribution in [2.75, 3.05) is 0 Å². The van der Waals surface area contributed by atoms with E-state index in [0.717, 1.165) is 19.3 Å². The van der Waals surface area contributed by atoms with Gasteiger partial charge in [-0.15, -0.1) is 0 Å². The van der Waals surface area contributed by atoms with E-state index in [4.69, 9.17) is 0 Å². The zero-order chi connectivity index (χ0) is 8.27. The molecule has 1 aliphatic carbocycles. The second-order valence-electron chi connectivity index (χ2n) is 2.83. The van der Waals surface area contributed by atoms with E-state index in [1.54, 1.807) is 0 Å². The monoisotopic (exact) mass is 152 g/mol. The van der Waals surface area contributed by atoms with Gasteiger partial charge in [-0.2, -0.15) is 0 Å². The summed E-state index contributed by atoms with van der Waals surface area (Å²) >= 11 is 0. The van der Waals surface area contributed by atoms with Crippen molar-refractivity contribution in [3.63, 3.8) is 0 Å². The Bertz CT molecular complexity index is 186. The van der Waals surface area contributed by atoms with Crippen LogP contribution in [0.5, 0.6) is 0 Å². The lowest BCUT2D eigenvalue weighted by atomic mass is 9.98. The van der Waals surface area contributed by atoms with Gasteiger partial charge in [0.1, 0.15) is 0 Å². The van der Waals surface area contributed by atoms with E-state index in [9.17, 15) is 9.59 Å². The Morgan fingerprint density at radius 2 is 1.82 bits per heavy atom. The smallest absolute Gasteiger partial charge is 0.166 e. The van der Waals surface area contributed by atoms with Gasteiger partial charge in [-0.3, -0.25) is 9.59 Å². The van der Waals surface area contributed by atoms with Crippen LogP contribution in [0.25, 0.3) is 0 Å². The number of allylic oxidation sites excluding steroid dienone is 2. The summed E-state index contributed by atoms with van der Waals surface area (Å²) in [4.78, 5) is 22.0. The largest absolute Gasteiger partial charge is 0.294 e. The summed E-state index contributed by atoms with van der Waals surface area (Å²) in [6.07, 6.45) is 5.51. The zero-order valence-electron chi connectivity index (χ0n) is 6.67. The Morgan fingerprint density at radius 3 is 2.27 bits per heavy atom. The molecule has 60 valence electrons. The van der Waals surface area contributed by atoms with Crippen LogP contribution >= 0.6 is 0 Å². The van der Waals surface area contributed by atoms with Crippen LogP contribution in [-0.4, -0.2) is 11.6 Å². The van der Waals surface area contributed by atoms with E-state index in [0.29, 0.717) is 0 Å². The highest BCUT2D eigenvalue weighted by atomic mass is 16.2. The fraction of sp³-hybridized carbons (Fsp3) is 0.556. The predicted molar refractivity (Wildman–Crippen MR) is 42.2 cm³/mol. The second-order valence-corrected chi connectivity index (χ2v) is 2.83. The molecule has 0 heterocycles. The van der Waals surface area contributed by atoms with E-state index in [1.807, 2.05) is 0 Å². The number of rotatable bonds is 3. The Kier molecular flexibility index (Phi) is 2.58. The van der Waals surface area contributed by atoms with E-state index in [-0.39, 0.29) is 17.5 Å². The van der Waals surface area contributed by atoms with Gasteiger partial charge in [0.05, 0.1) is 5.92 Å². The topological polar surface area (TPSA) is 34.1 Å². The molecular formula is C9H12O2. The van der Waals surface area contributed by atoms with Gasteiger partial charge in [-0.05, 0) is 18.6 Å². The maximum Gasteiger partial charge on any atom is 0.166 e. The Labute approximate surface area is 66.3 Å². The van der Waals surface area contributed by atoms with Gasteiger partial charge in [0.15, 0.2) is 11.6 Å². The molecule has 0 spiro atoms. The van der Waals surface area contributed by atoms with Crippen LogP contribution in [0.1, 0.15) is 26.2 Å². The first kappa shape index (κ1) is 8.18. The Morgan fingerprint density at radius 1 is 1.27 bits per heavy atom. The number of hydrogen-bond acceptors (Lipinski definition) is 2. The van der Waals surface area contributed by atoms with Crippen molar-refractivity contribution in [2.45, 2.75) is 26.2 Å². The highest BCUT2D eigenvalue weighted by molar-refractivity contribution is 6.18. The third-order valence-corrected chi connectivity index (χ3v) is 1.95. The summed E-state index contributed by atoms with van der Waals surface area (Å²) in [5, 5.41) is 0. The van der Waals surface area contributed by atoms with E-state index < -0.39 is 0 Å². The minimum atomic E-state index is -0.338. The van der Waals surface area contributed by atoms with Crippen LogP contribution in [0.3, 0.4) is 0 Å². The van der Waals surface area contributed by atoms with Crippen LogP contribution in [0.2, 0.25) is 0 Å². The molecule has 0 amide bonds. The molecule has 0 saturated carbocycles. The molecule has 0 aliphatic heterocycles. The summed E-state index contributed by atoms with van der Waals surface area (Å²) in [7, 11) is 0. The number of unbranched alkanes of at least 4 members (excludes halogenated alkanes) is 1. The summed E-state index contributed by atoms with van der Waals surface area (Å²) < 4.78 is 0. The zero-order valence-corrected chi connectivity index (χ0v) is 6.67. The van der Waals surface area contributed by atoms with Crippen molar-refractivity contribution in [3.8, 4) is 0 Å². The number of ketones is 2. The molecule has 2 heteroatoms. The average molecular weight is 152 g/mol. The first-order chi connectivity index (χ1) is 5.25. The Hall–Kier alpha value is -0.920. The maximum atomic E-state index is 11.0. The molecule has 0 fully saturated rings. The van der Waals surface area contributed by atoms with Gasteiger partial charge in [0.25, 0.3) is 0 Å². The standard InChI is InChI=1S/C9H12O2/c1-2-3-4-7-8(10)5-6-9(7)11/h5-7H,2-4H2,1H3. The molecule has 0 radical (unpaired) electrons. The number of carbonyl (C=O) groups excluding carboxylic acids is 2. The first-order valence-electron chi connectivity index (χ1n) is 4.01. The van der Waals surface area contributed by atoms with Crippen molar-refractivity contribution in [1.29, 1.82) is 0 Å². The summed E-state index contributed by atoms with van der Waals surface area (Å²) in [5.74, 6) is -0.359. The third-order valence-electron chi connectivity index (χ3n) is 1.95. The fourth-order valence-electron chi connectivity index (χ4n) is 1.23. The molecule has 0 saturated heterocycles. The maximum absolute atomic E-state index is 11.0. The quantitative estimate of drug-likeness (QED) is 0.574. The summed E-state index contributed by atoms with van der Waals surface area (Å²) in [6.45, 7) is 2.05. The van der Waals surface area contributed by atoms with Crippen molar-refractivity contribution in [3.05, 3.63) is 12.2 Å². The van der Waals surface area contributed by atoms with Crippen LogP contribution in [-0.2, 0) is 9.59 Å². The lowest BCUT2D eigenvalue weighted by Crippen LogP contribution is -2.14. The van der Waals surface area contributed by atoms with E-state index in [2.05, 4.69) is 6.92 Å². The molecule has 0 aromatic carbocycles. The molecule has 11 heavy (non-hydrogen) atoms. The van der Waals surface area contributed by atoms with Crippen molar-refractivity contribution >= 4 is 11.6 Å². The summed E-state index contributed by atoms with van der Waals surface area (Å²) in [6, 6.07) is 0. The minimum absolute atomic E-state index is 0.0107. The highest BCUT2D eigenvalue weighted by Crippen LogP contribution is 2.17. The van der Waals surface area contributed by atoms with Gasteiger partial charge in [-0.1, -0.05) is 19.8 Å². The summed E-state index contributed by atoms with van der Waals surface area (Å²) in [5.41, 5.74) is 0. The molecule has 0 N–H and O–H groups in total. The first-order valence-corrected chi connectivity index (χ1v) is 4.01. The Balaban J connectivity index is 2.46. The van der Waals surface area contributed by atoms with Crippen molar-refractivity contribution < 1.29 is 9.59 Å². The second kappa shape index (κ2) is 3.46. The molecule has 0 aromatic rings. The lowest BCUT2D eigenvalue weighted by Gasteiger charge is -2.03. The molecule has 0 atom stereocenters. The number of hydrogen-bond donors (Lipinski definition) is 0. The molecule has 0 unspecified atom stereocenters. The SMILES string of the molecule is CCCCC1C(=O)C=CC1=O. The predicted octanol–water partition coefficient (Wildman–Crippen LogP) is 1.50. The molecule has 1 rings (SSSR count). The highest BCUT2D eigenvalue weighted by Gasteiger charge is 2.26. The number of carbonyl (C=O) groups is 2. The molecule has 0 bridgehead atoms. The normalized spacial score (nSPS) is 18.3. The molecule has 0 aromatic heterocycles. The van der Waals surface area contributed by atoms with Gasteiger partial charge in [0.2, 0.25) is 0 Å². The molecule has 2 nitrogen and oxygen atoms in total. The van der Waals surface area contributed by atoms with Crippen LogP contribution in [0, 0.1) is 5.92 Å². The van der Waals surface area contributed by atoms with Crippen LogP contribution < -0.4 is 0 Å². The molecular weight excluding hydrogens is 140 g/mol. The molecule has 1 aliphatic rings. The van der Waals surface area contributed by atoms with Gasteiger partial charge in [0, 0.05) is 0 Å². The van der Waals surface area contributed by atoms with E-state index in [1.165, 1.54) is 12.2 Å². The third kappa shape index (κ3) is 1.76. The van der Waals surface area contributed by atoms with Gasteiger partial charge >= 0.3 is 0 Å². The van der Waals surface area contributed by atoms with Crippen LogP contribution in [0.15, 0.2) is 12.2 Å². The van der Waals surface area contributed by atoms with Crippen molar-refractivity contribution in [2.24, 2.45) is 5.92 Å².